The van der Waals surface area contributed by atoms with E-state index in [0.29, 0.717) is 0 Å². The van der Waals surface area contributed by atoms with Gasteiger partial charge >= 0.3 is 6.18 Å². The van der Waals surface area contributed by atoms with Crippen LogP contribution < -0.4 is 5.56 Å². The van der Waals surface area contributed by atoms with Gasteiger partial charge in [0.1, 0.15) is 0 Å². The lowest BCUT2D eigenvalue weighted by Gasteiger charge is -2.11. The van der Waals surface area contributed by atoms with Gasteiger partial charge in [-0.3, -0.25) is 4.79 Å². The summed E-state index contributed by atoms with van der Waals surface area (Å²) >= 11 is 0.937. The van der Waals surface area contributed by atoms with Crippen molar-refractivity contribution in [1.82, 2.24) is 3.96 Å². The van der Waals surface area contributed by atoms with Crippen molar-refractivity contribution in [3.63, 3.8) is 0 Å². The summed E-state index contributed by atoms with van der Waals surface area (Å²) < 4.78 is 39.0. The number of benzene rings is 1. The van der Waals surface area contributed by atoms with E-state index in [-0.39, 0.29) is 5.69 Å². The van der Waals surface area contributed by atoms with E-state index in [0.717, 1.165) is 21.6 Å². The number of nitrogens with zero attached hydrogens (tertiary/aromatic N) is 1. The van der Waals surface area contributed by atoms with Crippen molar-refractivity contribution in [1.29, 1.82) is 0 Å². The van der Waals surface area contributed by atoms with Crippen LogP contribution in [0, 0.1) is 0 Å². The lowest BCUT2D eigenvalue weighted by molar-refractivity contribution is -0.137. The Labute approximate surface area is 92.7 Å². The first-order valence-electron chi connectivity index (χ1n) is 4.34. The van der Waals surface area contributed by atoms with Gasteiger partial charge in [-0.15, -0.1) is 0 Å². The average molecular weight is 245 g/mol. The molecule has 0 aliphatic heterocycles. The van der Waals surface area contributed by atoms with Gasteiger partial charge in [0.15, 0.2) is 0 Å². The van der Waals surface area contributed by atoms with Crippen molar-refractivity contribution < 1.29 is 13.2 Å². The number of hydrogen-bond donors (Lipinski definition) is 0. The fraction of sp³-hybridized carbons (Fsp3) is 0.100. The molecule has 0 radical (unpaired) electrons. The van der Waals surface area contributed by atoms with Crippen molar-refractivity contribution >= 4 is 11.5 Å². The van der Waals surface area contributed by atoms with Crippen LogP contribution in [0.2, 0.25) is 0 Å². The second-order valence-electron chi connectivity index (χ2n) is 3.06. The molecule has 2 nitrogen and oxygen atoms in total. The van der Waals surface area contributed by atoms with Gasteiger partial charge in [-0.1, -0.05) is 23.7 Å². The molecule has 0 spiro atoms. The number of alkyl halides is 3. The van der Waals surface area contributed by atoms with Gasteiger partial charge in [0.2, 0.25) is 0 Å². The third-order valence-corrected chi connectivity index (χ3v) is 2.85. The average Bonchev–Trinajstić information content (AvgIpc) is 2.63. The molecule has 84 valence electrons. The highest BCUT2D eigenvalue weighted by Crippen LogP contribution is 2.33. The maximum absolute atomic E-state index is 12.7. The van der Waals surface area contributed by atoms with Gasteiger partial charge < -0.3 is 0 Å². The topological polar surface area (TPSA) is 22.0 Å². The summed E-state index contributed by atoms with van der Waals surface area (Å²) in [5.41, 5.74) is -1.39. The number of halogens is 3. The highest BCUT2D eigenvalue weighted by Gasteiger charge is 2.33. The van der Waals surface area contributed by atoms with Crippen molar-refractivity contribution in [3.8, 4) is 5.69 Å². The van der Waals surface area contributed by atoms with E-state index in [1.807, 2.05) is 0 Å². The molecule has 2 rings (SSSR count). The summed E-state index contributed by atoms with van der Waals surface area (Å²) in [7, 11) is 0. The van der Waals surface area contributed by atoms with E-state index in [1.165, 1.54) is 29.6 Å². The second kappa shape index (κ2) is 3.79. The predicted octanol–water partition coefficient (Wildman–Crippen LogP) is 2.92. The molecule has 2 aromatic rings. The molecule has 0 unspecified atom stereocenters. The molecule has 0 aliphatic carbocycles. The van der Waals surface area contributed by atoms with Crippen LogP contribution in [0.1, 0.15) is 5.56 Å². The van der Waals surface area contributed by atoms with Gasteiger partial charge in [0, 0.05) is 11.4 Å². The van der Waals surface area contributed by atoms with Crippen LogP contribution in [0.15, 0.2) is 40.5 Å². The molecular weight excluding hydrogens is 239 g/mol. The van der Waals surface area contributed by atoms with E-state index in [2.05, 4.69) is 0 Å². The molecule has 1 aromatic carbocycles. The Hall–Kier alpha value is -1.56. The van der Waals surface area contributed by atoms with Crippen LogP contribution in [-0.4, -0.2) is 3.96 Å². The maximum Gasteiger partial charge on any atom is 0.418 e. The second-order valence-corrected chi connectivity index (χ2v) is 3.90. The molecule has 0 aliphatic rings. The first-order valence-corrected chi connectivity index (χ1v) is 5.17. The van der Waals surface area contributed by atoms with Crippen LogP contribution in [-0.2, 0) is 6.18 Å². The van der Waals surface area contributed by atoms with Crippen molar-refractivity contribution in [3.05, 3.63) is 51.6 Å². The van der Waals surface area contributed by atoms with Crippen molar-refractivity contribution in [2.45, 2.75) is 6.18 Å². The van der Waals surface area contributed by atoms with Crippen LogP contribution in [0.3, 0.4) is 0 Å². The first-order chi connectivity index (χ1) is 7.50. The number of aromatic nitrogens is 1. The van der Waals surface area contributed by atoms with Gasteiger partial charge in [0.25, 0.3) is 5.56 Å². The largest absolute Gasteiger partial charge is 0.418 e. The fourth-order valence-corrected chi connectivity index (χ4v) is 2.07. The SMILES string of the molecule is O=c1ccsn1-c1ccccc1C(F)(F)F. The van der Waals surface area contributed by atoms with Gasteiger partial charge in [-0.05, 0) is 12.1 Å². The van der Waals surface area contributed by atoms with E-state index in [4.69, 9.17) is 0 Å². The molecule has 1 heterocycles. The fourth-order valence-electron chi connectivity index (χ4n) is 1.34. The highest BCUT2D eigenvalue weighted by molar-refractivity contribution is 7.04. The number of hydrogen-bond acceptors (Lipinski definition) is 2. The highest BCUT2D eigenvalue weighted by atomic mass is 32.1. The molecule has 0 bridgehead atoms. The Bertz CT molecular complexity index is 555. The Morgan fingerprint density at radius 3 is 2.38 bits per heavy atom. The van der Waals surface area contributed by atoms with Crippen molar-refractivity contribution in [2.75, 3.05) is 0 Å². The molecule has 16 heavy (non-hydrogen) atoms. The Balaban J connectivity index is 2.67. The Morgan fingerprint density at radius 2 is 1.81 bits per heavy atom. The molecular formula is C10H6F3NOS. The smallest absolute Gasteiger partial charge is 0.268 e. The summed E-state index contributed by atoms with van der Waals surface area (Å²) in [5.74, 6) is 0. The third kappa shape index (κ3) is 1.88. The standard InChI is InChI=1S/C10H6F3NOS/c11-10(12,13)7-3-1-2-4-8(7)14-9(15)5-6-16-14/h1-6H. The minimum Gasteiger partial charge on any atom is -0.268 e. The number of rotatable bonds is 1. The van der Waals surface area contributed by atoms with Gasteiger partial charge in [0.05, 0.1) is 11.3 Å². The Morgan fingerprint density at radius 1 is 1.12 bits per heavy atom. The molecule has 0 N–H and O–H groups in total. The molecule has 0 saturated carbocycles. The summed E-state index contributed by atoms with van der Waals surface area (Å²) in [6, 6.07) is 6.24. The van der Waals surface area contributed by atoms with E-state index in [1.54, 1.807) is 0 Å². The zero-order chi connectivity index (χ0) is 11.8. The lowest BCUT2D eigenvalue weighted by Crippen LogP contribution is -2.16. The summed E-state index contributed by atoms with van der Waals surface area (Å²) in [4.78, 5) is 11.3. The summed E-state index contributed by atoms with van der Waals surface area (Å²) in [5, 5.41) is 1.45. The monoisotopic (exact) mass is 245 g/mol. The lowest BCUT2D eigenvalue weighted by atomic mass is 10.2. The zero-order valence-electron chi connectivity index (χ0n) is 7.86. The zero-order valence-corrected chi connectivity index (χ0v) is 8.68. The Kier molecular flexibility index (Phi) is 2.59. The van der Waals surface area contributed by atoms with Gasteiger partial charge in [-0.25, -0.2) is 3.96 Å². The molecule has 1 aromatic heterocycles. The van der Waals surface area contributed by atoms with Crippen LogP contribution in [0.25, 0.3) is 5.69 Å². The molecule has 0 fully saturated rings. The summed E-state index contributed by atoms with van der Waals surface area (Å²) in [6.45, 7) is 0. The third-order valence-electron chi connectivity index (χ3n) is 2.01. The quantitative estimate of drug-likeness (QED) is 0.757. The minimum absolute atomic E-state index is 0.130. The first kappa shape index (κ1) is 10.9. The molecule has 0 amide bonds. The number of para-hydroxylation sites is 1. The summed E-state index contributed by atoms with van der Waals surface area (Å²) in [6.07, 6.45) is -4.46. The van der Waals surface area contributed by atoms with E-state index in [9.17, 15) is 18.0 Å². The normalized spacial score (nSPS) is 11.7. The molecule has 0 atom stereocenters. The predicted molar refractivity (Wildman–Crippen MR) is 54.9 cm³/mol. The van der Waals surface area contributed by atoms with Crippen LogP contribution in [0.4, 0.5) is 13.2 Å². The van der Waals surface area contributed by atoms with Crippen LogP contribution >= 0.6 is 11.5 Å². The maximum atomic E-state index is 12.7. The van der Waals surface area contributed by atoms with E-state index >= 15 is 0 Å². The van der Waals surface area contributed by atoms with Crippen molar-refractivity contribution in [2.24, 2.45) is 0 Å². The van der Waals surface area contributed by atoms with Gasteiger partial charge in [-0.2, -0.15) is 13.2 Å². The molecule has 0 saturated heterocycles. The minimum atomic E-state index is -4.46. The van der Waals surface area contributed by atoms with E-state index < -0.39 is 17.3 Å². The molecule has 6 heteroatoms. The van der Waals surface area contributed by atoms with Crippen LogP contribution in [0.5, 0.6) is 0 Å².